The monoisotopic (exact) mass is 657 g/mol. The van der Waals surface area contributed by atoms with Gasteiger partial charge in [0.2, 0.25) is 0 Å². The van der Waals surface area contributed by atoms with Crippen LogP contribution in [0, 0.1) is 0 Å². The maximum Gasteiger partial charge on any atom is 0.306 e. The van der Waals surface area contributed by atoms with Crippen LogP contribution in [0.4, 0.5) is 0 Å². The van der Waals surface area contributed by atoms with Crippen LogP contribution in [0.1, 0.15) is 174 Å². The Morgan fingerprint density at radius 2 is 0.915 bits per heavy atom. The molecule has 5 heteroatoms. The van der Waals surface area contributed by atoms with E-state index in [9.17, 15) is 14.7 Å². The molecule has 5 nitrogen and oxygen atoms in total. The minimum atomic E-state index is -0.788. The SMILES string of the molecule is CC/C=C\C/C=C\C/C=C\C/C=C\CCCCCCC(=O)OC(CO)COC(=O)CCCCCCC/C=C\CCCCCCCCC. The van der Waals surface area contributed by atoms with Crippen molar-refractivity contribution in [1.29, 1.82) is 0 Å². The average Bonchev–Trinajstić information content (AvgIpc) is 3.07. The first-order chi connectivity index (χ1) is 23.1. The fourth-order valence-electron chi connectivity index (χ4n) is 5.13. The summed E-state index contributed by atoms with van der Waals surface area (Å²) in [5.41, 5.74) is 0. The molecule has 0 radical (unpaired) electrons. The van der Waals surface area contributed by atoms with Crippen LogP contribution < -0.4 is 0 Å². The van der Waals surface area contributed by atoms with Crippen molar-refractivity contribution < 1.29 is 24.2 Å². The normalized spacial score (nSPS) is 12.8. The molecule has 0 bridgehead atoms. The molecule has 47 heavy (non-hydrogen) atoms. The van der Waals surface area contributed by atoms with E-state index in [0.717, 1.165) is 83.5 Å². The molecule has 0 aliphatic rings. The van der Waals surface area contributed by atoms with Gasteiger partial charge in [-0.3, -0.25) is 9.59 Å². The Labute approximate surface area is 290 Å². The lowest BCUT2D eigenvalue weighted by molar-refractivity contribution is -0.161. The highest BCUT2D eigenvalue weighted by atomic mass is 16.6. The van der Waals surface area contributed by atoms with Gasteiger partial charge >= 0.3 is 11.9 Å². The molecule has 270 valence electrons. The van der Waals surface area contributed by atoms with Gasteiger partial charge in [-0.2, -0.15) is 0 Å². The topological polar surface area (TPSA) is 72.8 Å². The lowest BCUT2D eigenvalue weighted by Gasteiger charge is -2.15. The number of unbranched alkanes of at least 4 members (excludes halogenated alkanes) is 16. The standard InChI is InChI=1S/C42H72O5/c1-3-5-7-9-11-13-15-17-19-21-23-25-27-29-31-33-35-37-42(45)47-40(38-43)39-46-41(44)36-34-32-30-28-26-24-22-20-18-16-14-12-10-8-6-4-2/h5,7,11,13,17,19-20,22-23,25,40,43H,3-4,6,8-10,12,14-16,18,21,24,26-39H2,1-2H3/b7-5-,13-11-,19-17-,22-20-,25-23-. The second-order valence-electron chi connectivity index (χ2n) is 12.6. The van der Waals surface area contributed by atoms with Crippen molar-refractivity contribution in [3.05, 3.63) is 60.8 Å². The molecule has 1 unspecified atom stereocenters. The number of esters is 2. The van der Waals surface area contributed by atoms with E-state index in [0.29, 0.717) is 12.8 Å². The van der Waals surface area contributed by atoms with Crippen molar-refractivity contribution in [3.8, 4) is 0 Å². The summed E-state index contributed by atoms with van der Waals surface area (Å²) >= 11 is 0. The van der Waals surface area contributed by atoms with E-state index in [2.05, 4.69) is 74.6 Å². The highest BCUT2D eigenvalue weighted by Crippen LogP contribution is 2.12. The van der Waals surface area contributed by atoms with Gasteiger partial charge in [0.05, 0.1) is 6.61 Å². The minimum absolute atomic E-state index is 0.0822. The Balaban J connectivity index is 3.64. The molecule has 0 saturated heterocycles. The largest absolute Gasteiger partial charge is 0.462 e. The number of allylic oxidation sites excluding steroid dienone is 10. The van der Waals surface area contributed by atoms with Crippen LogP contribution >= 0.6 is 0 Å². The van der Waals surface area contributed by atoms with Gasteiger partial charge in [0.1, 0.15) is 6.61 Å². The van der Waals surface area contributed by atoms with Crippen LogP contribution in [0.15, 0.2) is 60.8 Å². The Kier molecular flexibility index (Phi) is 36.1. The molecule has 1 atom stereocenters. The number of hydrogen-bond acceptors (Lipinski definition) is 5. The molecule has 0 heterocycles. The smallest absolute Gasteiger partial charge is 0.306 e. The summed E-state index contributed by atoms with van der Waals surface area (Å²) in [5, 5.41) is 9.54. The molecule has 0 aromatic carbocycles. The lowest BCUT2D eigenvalue weighted by atomic mass is 10.1. The zero-order valence-corrected chi connectivity index (χ0v) is 30.5. The van der Waals surface area contributed by atoms with Crippen LogP contribution in [-0.4, -0.2) is 36.4 Å². The summed E-state index contributed by atoms with van der Waals surface area (Å²) in [6, 6.07) is 0. The molecular weight excluding hydrogens is 584 g/mol. The van der Waals surface area contributed by atoms with Gasteiger partial charge in [-0.15, -0.1) is 0 Å². The first-order valence-electron chi connectivity index (χ1n) is 19.3. The molecule has 0 aromatic heterocycles. The molecule has 0 aliphatic heterocycles. The maximum atomic E-state index is 12.2. The van der Waals surface area contributed by atoms with Gasteiger partial charge in [-0.1, -0.05) is 145 Å². The van der Waals surface area contributed by atoms with E-state index < -0.39 is 6.10 Å². The van der Waals surface area contributed by atoms with E-state index in [1.165, 1.54) is 64.2 Å². The number of carbonyl (C=O) groups excluding carboxylic acids is 2. The van der Waals surface area contributed by atoms with Crippen LogP contribution in [0.25, 0.3) is 0 Å². The molecule has 0 rings (SSSR count). The first kappa shape index (κ1) is 44.6. The van der Waals surface area contributed by atoms with Gasteiger partial charge in [0, 0.05) is 12.8 Å². The van der Waals surface area contributed by atoms with Crippen LogP contribution in [-0.2, 0) is 19.1 Å². The molecule has 0 fully saturated rings. The van der Waals surface area contributed by atoms with Crippen LogP contribution in [0.2, 0.25) is 0 Å². The fraction of sp³-hybridized carbons (Fsp3) is 0.714. The third-order valence-corrected chi connectivity index (χ3v) is 8.05. The molecular formula is C42H72O5. The van der Waals surface area contributed by atoms with Gasteiger partial charge in [-0.25, -0.2) is 0 Å². The summed E-state index contributed by atoms with van der Waals surface area (Å²) in [4.78, 5) is 24.2. The van der Waals surface area contributed by atoms with Gasteiger partial charge in [0.15, 0.2) is 6.10 Å². The molecule has 1 N–H and O–H groups in total. The number of carbonyl (C=O) groups is 2. The van der Waals surface area contributed by atoms with E-state index >= 15 is 0 Å². The second-order valence-corrected chi connectivity index (χ2v) is 12.6. The maximum absolute atomic E-state index is 12.2. The van der Waals surface area contributed by atoms with E-state index in [1.807, 2.05) is 0 Å². The predicted molar refractivity (Wildman–Crippen MR) is 200 cm³/mol. The van der Waals surface area contributed by atoms with Crippen LogP contribution in [0.5, 0.6) is 0 Å². The van der Waals surface area contributed by atoms with Crippen LogP contribution in [0.3, 0.4) is 0 Å². The second kappa shape index (κ2) is 38.1. The summed E-state index contributed by atoms with van der Waals surface area (Å²) in [7, 11) is 0. The molecule has 0 aromatic rings. The number of ether oxygens (including phenoxy) is 2. The third kappa shape index (κ3) is 36.3. The molecule has 0 spiro atoms. The zero-order valence-electron chi connectivity index (χ0n) is 30.5. The van der Waals surface area contributed by atoms with Crippen molar-refractivity contribution in [2.45, 2.75) is 180 Å². The number of aliphatic hydroxyl groups excluding tert-OH is 1. The average molecular weight is 657 g/mol. The summed E-state index contributed by atoms with van der Waals surface area (Å²) < 4.78 is 10.6. The van der Waals surface area contributed by atoms with Crippen molar-refractivity contribution in [2.24, 2.45) is 0 Å². The van der Waals surface area contributed by atoms with Crippen molar-refractivity contribution >= 4 is 11.9 Å². The number of hydrogen-bond donors (Lipinski definition) is 1. The highest BCUT2D eigenvalue weighted by molar-refractivity contribution is 5.70. The quantitative estimate of drug-likeness (QED) is 0.0424. The Morgan fingerprint density at radius 3 is 1.40 bits per heavy atom. The van der Waals surface area contributed by atoms with Crippen molar-refractivity contribution in [1.82, 2.24) is 0 Å². The third-order valence-electron chi connectivity index (χ3n) is 8.05. The highest BCUT2D eigenvalue weighted by Gasteiger charge is 2.16. The van der Waals surface area contributed by atoms with E-state index in [4.69, 9.17) is 9.47 Å². The van der Waals surface area contributed by atoms with Gasteiger partial charge in [0.25, 0.3) is 0 Å². The lowest BCUT2D eigenvalue weighted by Crippen LogP contribution is -2.28. The van der Waals surface area contributed by atoms with Gasteiger partial charge < -0.3 is 14.6 Å². The molecule has 0 saturated carbocycles. The van der Waals surface area contributed by atoms with E-state index in [1.54, 1.807) is 0 Å². The summed E-state index contributed by atoms with van der Waals surface area (Å²) in [5.74, 6) is -0.632. The first-order valence-corrected chi connectivity index (χ1v) is 19.3. The summed E-state index contributed by atoms with van der Waals surface area (Å²) in [6.45, 7) is 3.98. The Bertz CT molecular complexity index is 838. The minimum Gasteiger partial charge on any atom is -0.462 e. The molecule has 0 aliphatic carbocycles. The zero-order chi connectivity index (χ0) is 34.3. The van der Waals surface area contributed by atoms with Crippen molar-refractivity contribution in [3.63, 3.8) is 0 Å². The Hall–Kier alpha value is -2.40. The summed E-state index contributed by atoms with van der Waals surface area (Å²) in [6.07, 6.45) is 48.5. The Morgan fingerprint density at radius 1 is 0.511 bits per heavy atom. The number of rotatable bonds is 34. The predicted octanol–water partition coefficient (Wildman–Crippen LogP) is 12.0. The van der Waals surface area contributed by atoms with Gasteiger partial charge in [-0.05, 0) is 77.0 Å². The molecule has 0 amide bonds. The number of aliphatic hydroxyl groups is 1. The fourth-order valence-corrected chi connectivity index (χ4v) is 5.13. The van der Waals surface area contributed by atoms with Crippen molar-refractivity contribution in [2.75, 3.05) is 13.2 Å². The van der Waals surface area contributed by atoms with E-state index in [-0.39, 0.29) is 25.2 Å².